The predicted octanol–water partition coefficient (Wildman–Crippen LogP) is -0.0323. The molecule has 90 valence electrons. The number of hydrogen-bond acceptors (Lipinski definition) is 3. The lowest BCUT2D eigenvalue weighted by Crippen LogP contribution is -2.43. The Morgan fingerprint density at radius 1 is 1.25 bits per heavy atom. The van der Waals surface area contributed by atoms with Crippen LogP contribution in [0.1, 0.15) is 25.7 Å². The molecule has 2 heterocycles. The van der Waals surface area contributed by atoms with Crippen molar-refractivity contribution >= 4 is 5.91 Å². The molecule has 3 unspecified atom stereocenters. The van der Waals surface area contributed by atoms with Gasteiger partial charge in [-0.15, -0.1) is 0 Å². The maximum absolute atomic E-state index is 12.2. The number of hydrogen-bond donors (Lipinski definition) is 2. The number of carbonyl (C=O) groups is 1. The first-order chi connectivity index (χ1) is 7.75. The Morgan fingerprint density at radius 2 is 2.12 bits per heavy atom. The zero-order valence-corrected chi connectivity index (χ0v) is 9.56. The first kappa shape index (κ1) is 10.5. The second kappa shape index (κ2) is 4.00. The monoisotopic (exact) mass is 224 g/mol. The van der Waals surface area contributed by atoms with Gasteiger partial charge in [0.05, 0.1) is 12.1 Å². The largest absolute Gasteiger partial charge is 0.393 e. The highest BCUT2D eigenvalue weighted by atomic mass is 16.3. The fourth-order valence-electron chi connectivity index (χ4n) is 3.53. The van der Waals surface area contributed by atoms with Crippen molar-refractivity contribution in [3.05, 3.63) is 0 Å². The second-order valence-corrected chi connectivity index (χ2v) is 5.46. The van der Waals surface area contributed by atoms with Gasteiger partial charge in [-0.05, 0) is 38.1 Å². The maximum atomic E-state index is 12.2. The lowest BCUT2D eigenvalue weighted by atomic mass is 10.00. The molecule has 1 saturated carbocycles. The van der Waals surface area contributed by atoms with E-state index in [4.69, 9.17) is 0 Å². The highest BCUT2D eigenvalue weighted by Gasteiger charge is 2.44. The van der Waals surface area contributed by atoms with Crippen molar-refractivity contribution in [2.45, 2.75) is 37.8 Å². The average Bonchev–Trinajstić information content (AvgIpc) is 2.96. The SMILES string of the molecule is O=C([C@H]1CCCN1)N1CC2CCC(O)C2C1. The fourth-order valence-corrected chi connectivity index (χ4v) is 3.53. The van der Waals surface area contributed by atoms with Crippen LogP contribution in [0, 0.1) is 11.8 Å². The number of amides is 1. The molecule has 2 aliphatic heterocycles. The zero-order valence-electron chi connectivity index (χ0n) is 9.56. The number of aliphatic hydroxyl groups excluding tert-OH is 1. The van der Waals surface area contributed by atoms with Gasteiger partial charge in [-0.3, -0.25) is 4.79 Å². The van der Waals surface area contributed by atoms with Crippen LogP contribution in [0.25, 0.3) is 0 Å². The molecule has 1 amide bonds. The van der Waals surface area contributed by atoms with Gasteiger partial charge in [-0.1, -0.05) is 0 Å². The standard InChI is InChI=1S/C12H20N2O2/c15-11-4-3-8-6-14(7-9(8)11)12(16)10-2-1-5-13-10/h8-11,13,15H,1-7H2/t8?,9?,10-,11?/m1/s1. The van der Waals surface area contributed by atoms with Crippen molar-refractivity contribution in [2.24, 2.45) is 11.8 Å². The number of carbonyl (C=O) groups excluding carboxylic acids is 1. The minimum absolute atomic E-state index is 0.0518. The summed E-state index contributed by atoms with van der Waals surface area (Å²) in [5, 5.41) is 13.1. The van der Waals surface area contributed by atoms with E-state index >= 15 is 0 Å². The summed E-state index contributed by atoms with van der Waals surface area (Å²) >= 11 is 0. The van der Waals surface area contributed by atoms with Crippen LogP contribution in [0.2, 0.25) is 0 Å². The minimum atomic E-state index is -0.167. The summed E-state index contributed by atoms with van der Waals surface area (Å²) in [5.41, 5.74) is 0. The molecular formula is C12H20N2O2. The second-order valence-electron chi connectivity index (χ2n) is 5.46. The van der Waals surface area contributed by atoms with E-state index < -0.39 is 0 Å². The molecule has 3 aliphatic rings. The molecule has 0 radical (unpaired) electrons. The van der Waals surface area contributed by atoms with E-state index in [1.54, 1.807) is 0 Å². The van der Waals surface area contributed by atoms with Gasteiger partial charge >= 0.3 is 0 Å². The van der Waals surface area contributed by atoms with Crippen LogP contribution in [-0.2, 0) is 4.79 Å². The van der Waals surface area contributed by atoms with Gasteiger partial charge in [0.15, 0.2) is 0 Å². The number of nitrogens with one attached hydrogen (secondary N) is 1. The molecule has 4 atom stereocenters. The maximum Gasteiger partial charge on any atom is 0.239 e. The molecular weight excluding hydrogens is 204 g/mol. The minimum Gasteiger partial charge on any atom is -0.393 e. The van der Waals surface area contributed by atoms with E-state index in [-0.39, 0.29) is 18.1 Å². The quantitative estimate of drug-likeness (QED) is 0.657. The smallest absolute Gasteiger partial charge is 0.239 e. The molecule has 0 aromatic carbocycles. The predicted molar refractivity (Wildman–Crippen MR) is 59.8 cm³/mol. The Morgan fingerprint density at radius 3 is 2.81 bits per heavy atom. The molecule has 2 saturated heterocycles. The van der Waals surface area contributed by atoms with Crippen molar-refractivity contribution in [2.75, 3.05) is 19.6 Å². The summed E-state index contributed by atoms with van der Waals surface area (Å²) in [6, 6.07) is 0.0518. The molecule has 1 aliphatic carbocycles. The average molecular weight is 224 g/mol. The summed E-state index contributed by atoms with van der Waals surface area (Å²) in [6.07, 6.45) is 3.94. The van der Waals surface area contributed by atoms with Gasteiger partial charge in [-0.2, -0.15) is 0 Å². The molecule has 0 aromatic heterocycles. The van der Waals surface area contributed by atoms with Gasteiger partial charge in [0, 0.05) is 19.0 Å². The van der Waals surface area contributed by atoms with Crippen molar-refractivity contribution in [3.8, 4) is 0 Å². The third-order valence-electron chi connectivity index (χ3n) is 4.49. The van der Waals surface area contributed by atoms with Crippen LogP contribution < -0.4 is 5.32 Å². The third kappa shape index (κ3) is 1.64. The molecule has 0 bridgehead atoms. The third-order valence-corrected chi connectivity index (χ3v) is 4.49. The van der Waals surface area contributed by atoms with Crippen LogP contribution in [0.3, 0.4) is 0 Å². The Hall–Kier alpha value is -0.610. The van der Waals surface area contributed by atoms with Crippen LogP contribution in [0.5, 0.6) is 0 Å². The fraction of sp³-hybridized carbons (Fsp3) is 0.917. The van der Waals surface area contributed by atoms with Crippen LogP contribution in [-0.4, -0.2) is 47.7 Å². The Bertz CT molecular complexity index is 289. The van der Waals surface area contributed by atoms with Gasteiger partial charge in [-0.25, -0.2) is 0 Å². The Labute approximate surface area is 96.0 Å². The van der Waals surface area contributed by atoms with E-state index in [1.807, 2.05) is 4.90 Å². The summed E-state index contributed by atoms with van der Waals surface area (Å²) in [7, 11) is 0. The van der Waals surface area contributed by atoms with E-state index in [0.29, 0.717) is 11.8 Å². The number of rotatable bonds is 1. The van der Waals surface area contributed by atoms with Crippen molar-refractivity contribution < 1.29 is 9.90 Å². The summed E-state index contributed by atoms with van der Waals surface area (Å²) < 4.78 is 0. The lowest BCUT2D eigenvalue weighted by molar-refractivity contribution is -0.132. The molecule has 3 fully saturated rings. The van der Waals surface area contributed by atoms with Crippen LogP contribution in [0.15, 0.2) is 0 Å². The highest BCUT2D eigenvalue weighted by molar-refractivity contribution is 5.82. The highest BCUT2D eigenvalue weighted by Crippen LogP contribution is 2.38. The van der Waals surface area contributed by atoms with Crippen LogP contribution in [0.4, 0.5) is 0 Å². The number of aliphatic hydroxyl groups is 1. The zero-order chi connectivity index (χ0) is 11.1. The first-order valence-electron chi connectivity index (χ1n) is 6.46. The number of fused-ring (bicyclic) bond motifs is 1. The van der Waals surface area contributed by atoms with E-state index in [9.17, 15) is 9.90 Å². The van der Waals surface area contributed by atoms with Crippen molar-refractivity contribution in [1.29, 1.82) is 0 Å². The van der Waals surface area contributed by atoms with Gasteiger partial charge in [0.1, 0.15) is 0 Å². The normalized spacial score (nSPS) is 42.7. The van der Waals surface area contributed by atoms with E-state index in [1.165, 1.54) is 0 Å². The van der Waals surface area contributed by atoms with Crippen molar-refractivity contribution in [3.63, 3.8) is 0 Å². The molecule has 4 nitrogen and oxygen atoms in total. The first-order valence-corrected chi connectivity index (χ1v) is 6.46. The molecule has 4 heteroatoms. The van der Waals surface area contributed by atoms with Gasteiger partial charge in [0.2, 0.25) is 5.91 Å². The summed E-state index contributed by atoms with van der Waals surface area (Å²) in [4.78, 5) is 14.1. The van der Waals surface area contributed by atoms with E-state index in [2.05, 4.69) is 5.32 Å². The topological polar surface area (TPSA) is 52.6 Å². The van der Waals surface area contributed by atoms with E-state index in [0.717, 1.165) is 45.3 Å². The lowest BCUT2D eigenvalue weighted by Gasteiger charge is -2.22. The molecule has 0 aromatic rings. The summed E-state index contributed by atoms with van der Waals surface area (Å²) in [5.74, 6) is 1.17. The Kier molecular flexibility index (Phi) is 2.64. The molecule has 2 N–H and O–H groups in total. The number of nitrogens with zero attached hydrogens (tertiary/aromatic N) is 1. The Balaban J connectivity index is 1.63. The molecule has 3 rings (SSSR count). The van der Waals surface area contributed by atoms with Gasteiger partial charge < -0.3 is 15.3 Å². The molecule has 16 heavy (non-hydrogen) atoms. The summed E-state index contributed by atoms with van der Waals surface area (Å²) in [6.45, 7) is 2.63. The van der Waals surface area contributed by atoms with Crippen LogP contribution >= 0.6 is 0 Å². The van der Waals surface area contributed by atoms with Crippen molar-refractivity contribution in [1.82, 2.24) is 10.2 Å². The molecule has 0 spiro atoms. The van der Waals surface area contributed by atoms with Gasteiger partial charge in [0.25, 0.3) is 0 Å². The number of likely N-dealkylation sites (tertiary alicyclic amines) is 1.